The first-order valence-corrected chi connectivity index (χ1v) is 11.8. The third kappa shape index (κ3) is 11.8. The summed E-state index contributed by atoms with van der Waals surface area (Å²) >= 11 is 0. The summed E-state index contributed by atoms with van der Waals surface area (Å²) in [4.78, 5) is 8.47. The number of guanidine groups is 1. The maximum absolute atomic E-state index is 11.3. The molecule has 31 heavy (non-hydrogen) atoms. The Kier molecular flexibility index (Phi) is 12.2. The zero-order valence-corrected chi connectivity index (χ0v) is 21.2. The van der Waals surface area contributed by atoms with E-state index < -0.39 is 9.84 Å². The van der Waals surface area contributed by atoms with Gasteiger partial charge in [0, 0.05) is 38.2 Å². The molecule has 0 saturated heterocycles. The molecule has 0 spiro atoms. The highest BCUT2D eigenvalue weighted by atomic mass is 127. The van der Waals surface area contributed by atoms with E-state index in [0.717, 1.165) is 11.3 Å². The van der Waals surface area contributed by atoms with Crippen molar-refractivity contribution in [3.05, 3.63) is 54.2 Å². The van der Waals surface area contributed by atoms with Crippen LogP contribution in [0, 0.1) is 0 Å². The molecule has 0 saturated carbocycles. The van der Waals surface area contributed by atoms with Crippen LogP contribution in [0.2, 0.25) is 0 Å². The average Bonchev–Trinajstić information content (AvgIpc) is 2.74. The summed E-state index contributed by atoms with van der Waals surface area (Å²) in [6.07, 6.45) is 3.49. The number of nitrogens with one attached hydrogen (secondary N) is 2. The molecule has 0 radical (unpaired) electrons. The van der Waals surface area contributed by atoms with E-state index in [9.17, 15) is 8.42 Å². The van der Waals surface area contributed by atoms with E-state index in [-0.39, 0.29) is 35.8 Å². The summed E-state index contributed by atoms with van der Waals surface area (Å²) in [6.45, 7) is 3.30. The van der Waals surface area contributed by atoms with E-state index in [4.69, 9.17) is 9.47 Å². The second-order valence-corrected chi connectivity index (χ2v) is 9.16. The smallest absolute Gasteiger partial charge is 0.213 e. The number of nitrogens with zero attached hydrogens (tertiary/aromatic N) is 2. The minimum Gasteiger partial charge on any atom is -0.490 e. The molecule has 0 fully saturated rings. The predicted molar refractivity (Wildman–Crippen MR) is 134 cm³/mol. The van der Waals surface area contributed by atoms with Gasteiger partial charge in [0.1, 0.15) is 28.8 Å². The summed E-state index contributed by atoms with van der Waals surface area (Å²) in [6, 6.07) is 13.3. The highest BCUT2D eigenvalue weighted by molar-refractivity contribution is 14.0. The molecular weight excluding hydrogens is 531 g/mol. The van der Waals surface area contributed by atoms with Crippen molar-refractivity contribution in [1.29, 1.82) is 0 Å². The van der Waals surface area contributed by atoms with Gasteiger partial charge in [-0.25, -0.2) is 13.4 Å². The Morgan fingerprint density at radius 2 is 1.84 bits per heavy atom. The van der Waals surface area contributed by atoms with Gasteiger partial charge in [-0.15, -0.1) is 24.0 Å². The highest BCUT2D eigenvalue weighted by Gasteiger charge is 2.09. The van der Waals surface area contributed by atoms with Gasteiger partial charge in [0.05, 0.1) is 5.75 Å². The number of rotatable bonds is 11. The number of ether oxygens (including phenoxy) is 2. The van der Waals surface area contributed by atoms with Crippen molar-refractivity contribution in [1.82, 2.24) is 15.6 Å². The number of benzene rings is 1. The number of aliphatic imine (C=N–C) groups is 1. The zero-order chi connectivity index (χ0) is 21.8. The molecule has 1 unspecified atom stereocenters. The van der Waals surface area contributed by atoms with Crippen molar-refractivity contribution >= 4 is 39.8 Å². The van der Waals surface area contributed by atoms with Crippen LogP contribution in [0.5, 0.6) is 11.6 Å². The van der Waals surface area contributed by atoms with E-state index >= 15 is 0 Å². The number of hydrogen-bond acceptors (Lipinski definition) is 6. The van der Waals surface area contributed by atoms with Gasteiger partial charge in [0.25, 0.3) is 0 Å². The number of hydrogen-bond donors (Lipinski definition) is 2. The highest BCUT2D eigenvalue weighted by Crippen LogP contribution is 2.10. The molecular formula is C21H31IN4O4S. The molecule has 2 rings (SSSR count). The van der Waals surface area contributed by atoms with Gasteiger partial charge in [0.2, 0.25) is 5.88 Å². The average molecular weight is 562 g/mol. The quantitative estimate of drug-likeness (QED) is 0.188. The van der Waals surface area contributed by atoms with E-state index in [1.807, 2.05) is 49.4 Å². The summed E-state index contributed by atoms with van der Waals surface area (Å²) in [5.74, 6) is 2.09. The fraction of sp³-hybridized carbons (Fsp3) is 0.429. The van der Waals surface area contributed by atoms with E-state index in [2.05, 4.69) is 20.6 Å². The normalized spacial score (nSPS) is 12.4. The fourth-order valence-electron chi connectivity index (χ4n) is 2.50. The molecule has 1 atom stereocenters. The molecule has 10 heteroatoms. The fourth-order valence-corrected chi connectivity index (χ4v) is 3.28. The SMILES string of the molecule is CN=C(NCc1ccc(OCCOc2ccccc2)nc1)NC(C)CCS(C)(=O)=O.I. The Bertz CT molecular complexity index is 893. The van der Waals surface area contributed by atoms with Crippen molar-refractivity contribution in [3.63, 3.8) is 0 Å². The van der Waals surface area contributed by atoms with Crippen LogP contribution >= 0.6 is 24.0 Å². The molecule has 0 aliphatic carbocycles. The Morgan fingerprint density at radius 3 is 2.45 bits per heavy atom. The summed E-state index contributed by atoms with van der Waals surface area (Å²) in [5, 5.41) is 6.38. The molecule has 8 nitrogen and oxygen atoms in total. The van der Waals surface area contributed by atoms with Crippen LogP contribution in [0.3, 0.4) is 0 Å². The third-order valence-electron chi connectivity index (χ3n) is 4.13. The first-order chi connectivity index (χ1) is 14.4. The maximum atomic E-state index is 11.3. The lowest BCUT2D eigenvalue weighted by Crippen LogP contribution is -2.42. The molecule has 1 aromatic heterocycles. The van der Waals surface area contributed by atoms with Gasteiger partial charge < -0.3 is 20.1 Å². The van der Waals surface area contributed by atoms with Crippen molar-refractivity contribution in [2.24, 2.45) is 4.99 Å². The van der Waals surface area contributed by atoms with Gasteiger partial charge in [-0.3, -0.25) is 4.99 Å². The Balaban J connectivity index is 0.00000480. The molecule has 2 aromatic rings. The first-order valence-electron chi connectivity index (χ1n) is 9.76. The second kappa shape index (κ2) is 14.1. The van der Waals surface area contributed by atoms with Gasteiger partial charge in [0.15, 0.2) is 5.96 Å². The number of halogens is 1. The van der Waals surface area contributed by atoms with Crippen LogP contribution in [0.25, 0.3) is 0 Å². The molecule has 1 aromatic carbocycles. The van der Waals surface area contributed by atoms with Gasteiger partial charge >= 0.3 is 0 Å². The van der Waals surface area contributed by atoms with E-state index in [1.54, 1.807) is 13.2 Å². The minimum atomic E-state index is -2.97. The maximum Gasteiger partial charge on any atom is 0.213 e. The first kappa shape index (κ1) is 27.0. The summed E-state index contributed by atoms with van der Waals surface area (Å²) in [5.41, 5.74) is 0.967. The third-order valence-corrected chi connectivity index (χ3v) is 5.11. The predicted octanol–water partition coefficient (Wildman–Crippen LogP) is 2.65. The number of pyridine rings is 1. The molecule has 0 aliphatic heterocycles. The zero-order valence-electron chi connectivity index (χ0n) is 18.1. The topological polar surface area (TPSA) is 102 Å². The van der Waals surface area contributed by atoms with E-state index in [1.165, 1.54) is 6.26 Å². The van der Waals surface area contributed by atoms with E-state index in [0.29, 0.717) is 38.0 Å². The molecule has 172 valence electrons. The van der Waals surface area contributed by atoms with Crippen LogP contribution in [-0.2, 0) is 16.4 Å². The van der Waals surface area contributed by atoms with Crippen LogP contribution in [-0.4, -0.2) is 57.7 Å². The second-order valence-electron chi connectivity index (χ2n) is 6.90. The lowest BCUT2D eigenvalue weighted by atomic mass is 10.2. The van der Waals surface area contributed by atoms with Crippen LogP contribution in [0.15, 0.2) is 53.7 Å². The Morgan fingerprint density at radius 1 is 1.13 bits per heavy atom. The van der Waals surface area contributed by atoms with Gasteiger partial charge in [-0.05, 0) is 31.0 Å². The molecule has 0 aliphatic rings. The Hall–Kier alpha value is -2.08. The standard InChI is InChI=1S/C21H30N4O4S.HI/c1-17(11-14-30(3,26)27)25-21(22-2)24-16-18-9-10-20(23-15-18)29-13-12-28-19-7-5-4-6-8-19;/h4-10,15,17H,11-14,16H2,1-3H3,(H2,22,24,25);1H. The van der Waals surface area contributed by atoms with Crippen LogP contribution in [0.1, 0.15) is 18.9 Å². The molecule has 1 heterocycles. The van der Waals surface area contributed by atoms with Crippen LogP contribution in [0.4, 0.5) is 0 Å². The largest absolute Gasteiger partial charge is 0.490 e. The Labute approximate surface area is 201 Å². The van der Waals surface area contributed by atoms with Gasteiger partial charge in [-0.2, -0.15) is 0 Å². The number of aromatic nitrogens is 1. The van der Waals surface area contributed by atoms with Crippen molar-refractivity contribution in [3.8, 4) is 11.6 Å². The lowest BCUT2D eigenvalue weighted by Gasteiger charge is -2.17. The monoisotopic (exact) mass is 562 g/mol. The van der Waals surface area contributed by atoms with Crippen molar-refractivity contribution in [2.75, 3.05) is 32.3 Å². The van der Waals surface area contributed by atoms with Crippen molar-refractivity contribution < 1.29 is 17.9 Å². The summed E-state index contributed by atoms with van der Waals surface area (Å²) < 4.78 is 33.7. The molecule has 0 amide bonds. The minimum absolute atomic E-state index is 0. The van der Waals surface area contributed by atoms with Gasteiger partial charge in [-0.1, -0.05) is 24.3 Å². The van der Waals surface area contributed by atoms with Crippen LogP contribution < -0.4 is 20.1 Å². The molecule has 2 N–H and O–H groups in total. The molecule has 0 bridgehead atoms. The number of sulfone groups is 1. The lowest BCUT2D eigenvalue weighted by molar-refractivity contribution is 0.212. The number of para-hydroxylation sites is 1. The van der Waals surface area contributed by atoms with Crippen molar-refractivity contribution in [2.45, 2.75) is 25.9 Å². The summed E-state index contributed by atoms with van der Waals surface area (Å²) in [7, 11) is -1.30.